The van der Waals surface area contributed by atoms with Crippen LogP contribution in [0.5, 0.6) is 0 Å². The average molecular weight is 289 g/mol. The second kappa shape index (κ2) is 5.32. The van der Waals surface area contributed by atoms with Gasteiger partial charge in [0.2, 0.25) is 5.91 Å². The molecule has 0 aromatic heterocycles. The lowest BCUT2D eigenvalue weighted by atomic mass is 9.59. The predicted octanol–water partition coefficient (Wildman–Crippen LogP) is 2.71. The van der Waals surface area contributed by atoms with Crippen molar-refractivity contribution in [1.82, 2.24) is 5.32 Å². The van der Waals surface area contributed by atoms with Crippen LogP contribution in [0, 0.1) is 17.3 Å². The Morgan fingerprint density at radius 1 is 1.48 bits per heavy atom. The molecule has 0 bridgehead atoms. The molecular formula is C17H23NO3. The summed E-state index contributed by atoms with van der Waals surface area (Å²) in [6.07, 6.45) is 8.43. The zero-order valence-corrected chi connectivity index (χ0v) is 12.8. The number of rotatable bonds is 2. The zero-order chi connectivity index (χ0) is 15.0. The van der Waals surface area contributed by atoms with Gasteiger partial charge in [0.15, 0.2) is 0 Å². The van der Waals surface area contributed by atoms with Gasteiger partial charge in [-0.3, -0.25) is 9.59 Å². The van der Waals surface area contributed by atoms with Gasteiger partial charge in [-0.1, -0.05) is 24.6 Å². The third kappa shape index (κ3) is 2.30. The summed E-state index contributed by atoms with van der Waals surface area (Å²) in [5.41, 5.74) is 2.26. The lowest BCUT2D eigenvalue weighted by molar-refractivity contribution is -0.150. The first-order valence-corrected chi connectivity index (χ1v) is 7.94. The number of piperidine rings is 1. The molecule has 4 heteroatoms. The Labute approximate surface area is 125 Å². The van der Waals surface area contributed by atoms with Crippen LogP contribution in [0.1, 0.15) is 46.0 Å². The maximum Gasteiger partial charge on any atom is 0.309 e. The molecule has 114 valence electrons. The van der Waals surface area contributed by atoms with Gasteiger partial charge < -0.3 is 10.1 Å². The summed E-state index contributed by atoms with van der Waals surface area (Å²) >= 11 is 0. The predicted molar refractivity (Wildman–Crippen MR) is 79.1 cm³/mol. The highest BCUT2D eigenvalue weighted by Gasteiger charge is 2.47. The number of amides is 1. The normalized spacial score (nSPS) is 34.9. The Bertz CT molecular complexity index is 534. The monoisotopic (exact) mass is 289 g/mol. The van der Waals surface area contributed by atoms with E-state index in [0.29, 0.717) is 13.0 Å². The van der Waals surface area contributed by atoms with Crippen LogP contribution in [0.2, 0.25) is 0 Å². The Morgan fingerprint density at radius 2 is 2.29 bits per heavy atom. The fraction of sp³-hybridized carbons (Fsp3) is 0.647. The molecule has 0 saturated carbocycles. The number of allylic oxidation sites excluding steroid dienone is 3. The number of esters is 1. The first-order chi connectivity index (χ1) is 10.1. The molecule has 4 nitrogen and oxygen atoms in total. The first-order valence-electron chi connectivity index (χ1n) is 7.94. The third-order valence-electron chi connectivity index (χ3n) is 5.25. The molecule has 1 fully saturated rings. The molecule has 1 heterocycles. The van der Waals surface area contributed by atoms with Crippen molar-refractivity contribution in [3.05, 3.63) is 23.4 Å². The number of hydrogen-bond donors (Lipinski definition) is 1. The molecule has 21 heavy (non-hydrogen) atoms. The molecule has 2 aliphatic carbocycles. The third-order valence-corrected chi connectivity index (χ3v) is 5.25. The minimum absolute atomic E-state index is 0.0304. The number of fused-ring (bicyclic) bond motifs is 3. The van der Waals surface area contributed by atoms with Gasteiger partial charge in [-0.2, -0.15) is 0 Å². The van der Waals surface area contributed by atoms with Crippen LogP contribution in [0.25, 0.3) is 0 Å². The second-order valence-electron chi connectivity index (χ2n) is 6.44. The molecule has 1 aliphatic heterocycles. The highest BCUT2D eigenvalue weighted by molar-refractivity contribution is 5.80. The van der Waals surface area contributed by atoms with Crippen LogP contribution < -0.4 is 5.32 Å². The molecule has 3 aliphatic rings. The van der Waals surface area contributed by atoms with E-state index < -0.39 is 0 Å². The van der Waals surface area contributed by atoms with Crippen molar-refractivity contribution in [1.29, 1.82) is 0 Å². The molecule has 1 N–H and O–H groups in total. The Morgan fingerprint density at radius 3 is 3.05 bits per heavy atom. The van der Waals surface area contributed by atoms with Crippen LogP contribution in [-0.4, -0.2) is 18.5 Å². The van der Waals surface area contributed by atoms with Gasteiger partial charge in [-0.15, -0.1) is 0 Å². The maximum absolute atomic E-state index is 12.2. The van der Waals surface area contributed by atoms with Crippen molar-refractivity contribution < 1.29 is 14.3 Å². The topological polar surface area (TPSA) is 55.4 Å². The van der Waals surface area contributed by atoms with Crippen LogP contribution in [-0.2, 0) is 14.3 Å². The summed E-state index contributed by atoms with van der Waals surface area (Å²) in [6, 6.07) is 0. The van der Waals surface area contributed by atoms with Crippen molar-refractivity contribution >= 4 is 11.9 Å². The molecular weight excluding hydrogens is 266 g/mol. The Kier molecular flexibility index (Phi) is 3.64. The molecule has 0 aromatic rings. The summed E-state index contributed by atoms with van der Waals surface area (Å²) in [5, 5.41) is 3.03. The largest absolute Gasteiger partial charge is 0.466 e. The minimum atomic E-state index is -0.109. The highest BCUT2D eigenvalue weighted by Crippen LogP contribution is 2.53. The lowest BCUT2D eigenvalue weighted by Gasteiger charge is -2.47. The van der Waals surface area contributed by atoms with Crippen LogP contribution in [0.4, 0.5) is 0 Å². The van der Waals surface area contributed by atoms with E-state index in [1.54, 1.807) is 0 Å². The van der Waals surface area contributed by atoms with Gasteiger partial charge in [0.1, 0.15) is 0 Å². The van der Waals surface area contributed by atoms with E-state index >= 15 is 0 Å². The summed E-state index contributed by atoms with van der Waals surface area (Å²) in [7, 11) is 0. The van der Waals surface area contributed by atoms with Gasteiger partial charge in [0.25, 0.3) is 0 Å². The van der Waals surface area contributed by atoms with Crippen molar-refractivity contribution in [2.45, 2.75) is 46.0 Å². The molecule has 0 spiro atoms. The molecule has 0 aromatic carbocycles. The van der Waals surface area contributed by atoms with E-state index in [4.69, 9.17) is 4.74 Å². The number of hydrogen-bond acceptors (Lipinski definition) is 3. The fourth-order valence-electron chi connectivity index (χ4n) is 4.11. The van der Waals surface area contributed by atoms with Crippen LogP contribution >= 0.6 is 0 Å². The van der Waals surface area contributed by atoms with E-state index in [2.05, 4.69) is 24.4 Å². The number of nitrogens with one attached hydrogen (secondary N) is 1. The van der Waals surface area contributed by atoms with Crippen molar-refractivity contribution in [3.8, 4) is 0 Å². The summed E-state index contributed by atoms with van der Waals surface area (Å²) in [6.45, 7) is 4.49. The lowest BCUT2D eigenvalue weighted by Crippen LogP contribution is -2.46. The number of ether oxygens (including phenoxy) is 1. The average Bonchev–Trinajstić information content (AvgIpc) is 2.48. The number of carbonyl (C=O) groups excluding carboxylic acids is 2. The molecule has 3 rings (SSSR count). The summed E-state index contributed by atoms with van der Waals surface area (Å²) in [5.74, 6) is 0.252. The van der Waals surface area contributed by atoms with Crippen molar-refractivity contribution in [2.75, 3.05) is 6.61 Å². The van der Waals surface area contributed by atoms with E-state index in [-0.39, 0.29) is 29.1 Å². The van der Waals surface area contributed by atoms with Gasteiger partial charge in [0.05, 0.1) is 12.5 Å². The van der Waals surface area contributed by atoms with Gasteiger partial charge in [-0.25, -0.2) is 0 Å². The van der Waals surface area contributed by atoms with E-state index in [1.807, 2.05) is 6.92 Å². The molecule has 1 saturated heterocycles. The SMILES string of the molecule is CCOC(=O)[C@@H]1CCC=C2C1CC=C1NC(=O)CC[C@@]12C. The standard InChI is InChI=1S/C17H23NO3/c1-3-21-16(20)12-5-4-6-13-11(12)7-8-14-17(13,2)10-9-15(19)18-14/h6,8,11-12H,3-5,7,9-10H2,1-2H3,(H,18,19)/t11?,12-,17-/m1/s1. The smallest absolute Gasteiger partial charge is 0.309 e. The first kappa shape index (κ1) is 14.4. The summed E-state index contributed by atoms with van der Waals surface area (Å²) < 4.78 is 5.26. The molecule has 1 amide bonds. The van der Waals surface area contributed by atoms with E-state index in [1.165, 1.54) is 5.57 Å². The molecule has 1 unspecified atom stereocenters. The van der Waals surface area contributed by atoms with Gasteiger partial charge in [-0.05, 0) is 38.5 Å². The Hall–Kier alpha value is -1.58. The van der Waals surface area contributed by atoms with E-state index in [9.17, 15) is 9.59 Å². The number of carbonyl (C=O) groups is 2. The molecule has 0 radical (unpaired) electrons. The Balaban J connectivity index is 1.91. The fourth-order valence-corrected chi connectivity index (χ4v) is 4.11. The quantitative estimate of drug-likeness (QED) is 0.628. The zero-order valence-electron chi connectivity index (χ0n) is 12.8. The second-order valence-corrected chi connectivity index (χ2v) is 6.44. The minimum Gasteiger partial charge on any atom is -0.466 e. The van der Waals surface area contributed by atoms with Crippen LogP contribution in [0.3, 0.4) is 0 Å². The van der Waals surface area contributed by atoms with Gasteiger partial charge >= 0.3 is 5.97 Å². The van der Waals surface area contributed by atoms with Crippen molar-refractivity contribution in [3.63, 3.8) is 0 Å². The maximum atomic E-state index is 12.2. The summed E-state index contributed by atoms with van der Waals surface area (Å²) in [4.78, 5) is 23.9. The highest BCUT2D eigenvalue weighted by atomic mass is 16.5. The van der Waals surface area contributed by atoms with E-state index in [0.717, 1.165) is 31.4 Å². The molecule has 3 atom stereocenters. The van der Waals surface area contributed by atoms with Gasteiger partial charge in [0, 0.05) is 17.5 Å². The van der Waals surface area contributed by atoms with Crippen LogP contribution in [0.15, 0.2) is 23.4 Å². The van der Waals surface area contributed by atoms with Crippen molar-refractivity contribution in [2.24, 2.45) is 17.3 Å².